The fraction of sp³-hybridized carbons (Fsp3) is 0.316. The smallest absolute Gasteiger partial charge is 0.307 e. The van der Waals surface area contributed by atoms with Gasteiger partial charge in [-0.15, -0.1) is 0 Å². The fourth-order valence-corrected chi connectivity index (χ4v) is 2.99. The van der Waals surface area contributed by atoms with Gasteiger partial charge in [0.2, 0.25) is 0 Å². The van der Waals surface area contributed by atoms with Crippen molar-refractivity contribution in [2.75, 3.05) is 13.1 Å². The van der Waals surface area contributed by atoms with Gasteiger partial charge in [0.1, 0.15) is 11.9 Å². The van der Waals surface area contributed by atoms with E-state index < -0.39 is 5.97 Å². The number of hydrogen-bond acceptors (Lipinski definition) is 3. The topological polar surface area (TPSA) is 49.8 Å². The van der Waals surface area contributed by atoms with Crippen molar-refractivity contribution in [2.24, 2.45) is 0 Å². The van der Waals surface area contributed by atoms with Gasteiger partial charge in [0.15, 0.2) is 0 Å². The third-order valence-electron chi connectivity index (χ3n) is 4.09. The second-order valence-corrected chi connectivity index (χ2v) is 5.93. The van der Waals surface area contributed by atoms with Crippen LogP contribution in [0.4, 0.5) is 0 Å². The summed E-state index contributed by atoms with van der Waals surface area (Å²) in [7, 11) is 0. The molecule has 0 amide bonds. The number of para-hydroxylation sites is 1. The minimum atomic E-state index is -0.835. The molecule has 0 saturated carbocycles. The van der Waals surface area contributed by atoms with E-state index in [0.29, 0.717) is 5.75 Å². The summed E-state index contributed by atoms with van der Waals surface area (Å²) in [6.45, 7) is 2.80. The van der Waals surface area contributed by atoms with Crippen LogP contribution in [-0.2, 0) is 17.8 Å². The number of aliphatic carboxylic acids is 1. The summed E-state index contributed by atoms with van der Waals surface area (Å²) in [6.07, 6.45) is 1.08. The first-order chi connectivity index (χ1) is 11.2. The van der Waals surface area contributed by atoms with Crippen LogP contribution in [0.25, 0.3) is 0 Å². The molecular formula is C19H21NO3. The van der Waals surface area contributed by atoms with E-state index in [9.17, 15) is 4.79 Å². The van der Waals surface area contributed by atoms with E-state index in [1.807, 2.05) is 30.3 Å². The number of carbonyl (C=O) groups is 1. The highest BCUT2D eigenvalue weighted by Gasteiger charge is 2.24. The van der Waals surface area contributed by atoms with E-state index in [1.54, 1.807) is 0 Å². The van der Waals surface area contributed by atoms with E-state index in [-0.39, 0.29) is 12.5 Å². The molecule has 2 aromatic carbocycles. The van der Waals surface area contributed by atoms with Gasteiger partial charge >= 0.3 is 5.97 Å². The molecule has 0 aliphatic carbocycles. The SMILES string of the molecule is O=C(O)Cc1ccccc1OC1CCN(Cc2ccccc2)C1. The molecule has 2 aromatic rings. The predicted octanol–water partition coefficient (Wildman–Crippen LogP) is 2.97. The maximum atomic E-state index is 10.9. The third-order valence-corrected chi connectivity index (χ3v) is 4.09. The molecule has 0 spiro atoms. The minimum absolute atomic E-state index is 0.00335. The maximum absolute atomic E-state index is 10.9. The molecule has 1 N–H and O–H groups in total. The molecule has 3 rings (SSSR count). The van der Waals surface area contributed by atoms with E-state index >= 15 is 0 Å². The molecule has 1 unspecified atom stereocenters. The Morgan fingerprint density at radius 2 is 1.87 bits per heavy atom. The monoisotopic (exact) mass is 311 g/mol. The summed E-state index contributed by atoms with van der Waals surface area (Å²) in [5.74, 6) is -0.139. The molecule has 1 saturated heterocycles. The molecule has 1 fully saturated rings. The number of likely N-dealkylation sites (tertiary alicyclic amines) is 1. The van der Waals surface area contributed by atoms with Crippen LogP contribution in [0.15, 0.2) is 54.6 Å². The molecule has 120 valence electrons. The lowest BCUT2D eigenvalue weighted by Gasteiger charge is -2.18. The molecule has 0 radical (unpaired) electrons. The summed E-state index contributed by atoms with van der Waals surface area (Å²) in [5, 5.41) is 8.99. The van der Waals surface area contributed by atoms with Crippen LogP contribution in [-0.4, -0.2) is 35.2 Å². The first-order valence-corrected chi connectivity index (χ1v) is 7.93. The van der Waals surface area contributed by atoms with Crippen molar-refractivity contribution in [3.63, 3.8) is 0 Å². The summed E-state index contributed by atoms with van der Waals surface area (Å²) >= 11 is 0. The van der Waals surface area contributed by atoms with Gasteiger partial charge in [-0.2, -0.15) is 0 Å². The van der Waals surface area contributed by atoms with Crippen LogP contribution in [0.1, 0.15) is 17.5 Å². The van der Waals surface area contributed by atoms with Gasteiger partial charge in [-0.1, -0.05) is 48.5 Å². The average Bonchev–Trinajstić information content (AvgIpc) is 2.97. The van der Waals surface area contributed by atoms with E-state index in [1.165, 1.54) is 5.56 Å². The van der Waals surface area contributed by atoms with Crippen molar-refractivity contribution in [1.82, 2.24) is 4.90 Å². The van der Waals surface area contributed by atoms with Crippen LogP contribution in [0.3, 0.4) is 0 Å². The second-order valence-electron chi connectivity index (χ2n) is 5.93. The highest BCUT2D eigenvalue weighted by atomic mass is 16.5. The van der Waals surface area contributed by atoms with E-state index in [2.05, 4.69) is 29.2 Å². The molecule has 0 bridgehead atoms. The van der Waals surface area contributed by atoms with Crippen LogP contribution < -0.4 is 4.74 Å². The Labute approximate surface area is 136 Å². The number of nitrogens with zero attached hydrogens (tertiary/aromatic N) is 1. The summed E-state index contributed by atoms with van der Waals surface area (Å²) < 4.78 is 6.07. The van der Waals surface area contributed by atoms with E-state index in [4.69, 9.17) is 9.84 Å². The fourth-order valence-electron chi connectivity index (χ4n) is 2.99. The number of rotatable bonds is 6. The van der Waals surface area contributed by atoms with E-state index in [0.717, 1.165) is 31.6 Å². The highest BCUT2D eigenvalue weighted by molar-refractivity contribution is 5.71. The zero-order chi connectivity index (χ0) is 16.1. The summed E-state index contributed by atoms with van der Waals surface area (Å²) in [6, 6.07) is 17.8. The molecule has 1 heterocycles. The zero-order valence-electron chi connectivity index (χ0n) is 13.0. The standard InChI is InChI=1S/C19H21NO3/c21-19(22)12-16-8-4-5-9-18(16)23-17-10-11-20(14-17)13-15-6-2-1-3-7-15/h1-9,17H,10-14H2,(H,21,22). The van der Waals surface area contributed by atoms with Crippen LogP contribution >= 0.6 is 0 Å². The minimum Gasteiger partial charge on any atom is -0.489 e. The number of ether oxygens (including phenoxy) is 1. The van der Waals surface area contributed by atoms with Crippen molar-refractivity contribution in [3.05, 3.63) is 65.7 Å². The molecule has 1 aliphatic heterocycles. The van der Waals surface area contributed by atoms with Gasteiger partial charge in [-0.25, -0.2) is 0 Å². The van der Waals surface area contributed by atoms with Gasteiger partial charge in [-0.05, 0) is 18.1 Å². The lowest BCUT2D eigenvalue weighted by molar-refractivity contribution is -0.136. The molecule has 1 aliphatic rings. The van der Waals surface area contributed by atoms with Crippen molar-refractivity contribution >= 4 is 5.97 Å². The van der Waals surface area contributed by atoms with Gasteiger partial charge in [-0.3, -0.25) is 9.69 Å². The molecule has 4 heteroatoms. The Morgan fingerprint density at radius 1 is 1.13 bits per heavy atom. The Morgan fingerprint density at radius 3 is 2.65 bits per heavy atom. The Kier molecular flexibility index (Phi) is 4.93. The van der Waals surface area contributed by atoms with Gasteiger partial charge < -0.3 is 9.84 Å². The van der Waals surface area contributed by atoms with Crippen molar-refractivity contribution in [1.29, 1.82) is 0 Å². The Balaban J connectivity index is 1.59. The molecule has 4 nitrogen and oxygen atoms in total. The lowest BCUT2D eigenvalue weighted by Crippen LogP contribution is -2.25. The van der Waals surface area contributed by atoms with Gasteiger partial charge in [0, 0.05) is 25.2 Å². The number of benzene rings is 2. The Hall–Kier alpha value is -2.33. The third kappa shape index (κ3) is 4.33. The zero-order valence-corrected chi connectivity index (χ0v) is 13.0. The number of carboxylic acids is 1. The molecule has 23 heavy (non-hydrogen) atoms. The number of hydrogen-bond donors (Lipinski definition) is 1. The lowest BCUT2D eigenvalue weighted by atomic mass is 10.1. The van der Waals surface area contributed by atoms with Crippen LogP contribution in [0.5, 0.6) is 5.75 Å². The Bertz CT molecular complexity index is 657. The second kappa shape index (κ2) is 7.29. The van der Waals surface area contributed by atoms with Crippen molar-refractivity contribution < 1.29 is 14.6 Å². The normalized spacial score (nSPS) is 18.0. The van der Waals surface area contributed by atoms with Crippen molar-refractivity contribution in [2.45, 2.75) is 25.5 Å². The first kappa shape index (κ1) is 15.6. The molecule has 0 aromatic heterocycles. The van der Waals surface area contributed by atoms with Gasteiger partial charge in [0.05, 0.1) is 6.42 Å². The van der Waals surface area contributed by atoms with Gasteiger partial charge in [0.25, 0.3) is 0 Å². The summed E-state index contributed by atoms with van der Waals surface area (Å²) in [4.78, 5) is 13.3. The van der Waals surface area contributed by atoms with Crippen molar-refractivity contribution in [3.8, 4) is 5.75 Å². The largest absolute Gasteiger partial charge is 0.489 e. The maximum Gasteiger partial charge on any atom is 0.307 e. The summed E-state index contributed by atoms with van der Waals surface area (Å²) in [5.41, 5.74) is 2.04. The molecule has 1 atom stereocenters. The average molecular weight is 311 g/mol. The molecular weight excluding hydrogens is 290 g/mol. The quantitative estimate of drug-likeness (QED) is 0.891. The number of carboxylic acid groups (broad SMARTS) is 1. The van der Waals surface area contributed by atoms with Crippen LogP contribution in [0, 0.1) is 0 Å². The highest BCUT2D eigenvalue weighted by Crippen LogP contribution is 2.24. The first-order valence-electron chi connectivity index (χ1n) is 7.93. The predicted molar refractivity (Wildman–Crippen MR) is 88.5 cm³/mol. The van der Waals surface area contributed by atoms with Crippen LogP contribution in [0.2, 0.25) is 0 Å².